The van der Waals surface area contributed by atoms with Crippen molar-refractivity contribution in [2.45, 2.75) is 95.7 Å². The molecule has 0 radical (unpaired) electrons. The largest absolute Gasteiger partial charge is 0.493 e. The van der Waals surface area contributed by atoms with Gasteiger partial charge in [-0.05, 0) is 51.2 Å². The molecule has 11 nitrogen and oxygen atoms in total. The molecule has 1 saturated carbocycles. The third-order valence-corrected chi connectivity index (χ3v) is 7.40. The number of nitrogens with one attached hydrogen (secondary N) is 1. The SMILES string of the molecule is COc1ccnc(C(=O)N[C@H]2CCCC[C@H](Oc3ccccc3)[C@@H](OC3CCCC3)[C@H](C)OC2=O)c1OCOC(C)=O. The van der Waals surface area contributed by atoms with Gasteiger partial charge in [0, 0.05) is 19.2 Å². The fraction of sp³-hybridized carbons (Fsp3) is 0.548. The van der Waals surface area contributed by atoms with E-state index in [0.717, 1.165) is 37.9 Å². The smallest absolute Gasteiger partial charge is 0.329 e. The molecule has 1 aliphatic heterocycles. The Hall–Kier alpha value is -3.86. The molecule has 1 aromatic heterocycles. The van der Waals surface area contributed by atoms with E-state index in [4.69, 9.17) is 28.4 Å². The molecule has 4 atom stereocenters. The number of carbonyl (C=O) groups excluding carboxylic acids is 3. The number of pyridine rings is 1. The molecule has 2 aromatic rings. The first kappa shape index (κ1) is 31.1. The number of benzene rings is 1. The Balaban J connectivity index is 1.49. The van der Waals surface area contributed by atoms with Crippen molar-refractivity contribution in [1.29, 1.82) is 0 Å². The lowest BCUT2D eigenvalue weighted by Gasteiger charge is -2.35. The minimum absolute atomic E-state index is 0.00807. The highest BCUT2D eigenvalue weighted by Crippen LogP contribution is 2.31. The normalized spacial score (nSPS) is 23.4. The number of hydrogen-bond acceptors (Lipinski definition) is 10. The van der Waals surface area contributed by atoms with Crippen LogP contribution in [0, 0.1) is 0 Å². The predicted molar refractivity (Wildman–Crippen MR) is 151 cm³/mol. The summed E-state index contributed by atoms with van der Waals surface area (Å²) >= 11 is 0. The summed E-state index contributed by atoms with van der Waals surface area (Å²) in [6.45, 7) is 2.61. The van der Waals surface area contributed by atoms with Gasteiger partial charge in [0.05, 0.1) is 13.2 Å². The summed E-state index contributed by atoms with van der Waals surface area (Å²) in [5.41, 5.74) is -0.113. The number of ether oxygens (including phenoxy) is 6. The first-order chi connectivity index (χ1) is 20.4. The van der Waals surface area contributed by atoms with Crippen molar-refractivity contribution in [3.63, 3.8) is 0 Å². The van der Waals surface area contributed by atoms with Gasteiger partial charge in [-0.25, -0.2) is 9.78 Å². The Kier molecular flexibility index (Phi) is 11.4. The van der Waals surface area contributed by atoms with Crippen LogP contribution in [0.1, 0.15) is 75.7 Å². The number of amides is 1. The van der Waals surface area contributed by atoms with Gasteiger partial charge in [0.2, 0.25) is 6.79 Å². The van der Waals surface area contributed by atoms with Gasteiger partial charge in [0.1, 0.15) is 30.1 Å². The van der Waals surface area contributed by atoms with Crippen LogP contribution in [0.2, 0.25) is 0 Å². The zero-order chi connectivity index (χ0) is 29.9. The minimum Gasteiger partial charge on any atom is -0.493 e. The van der Waals surface area contributed by atoms with Crippen LogP contribution in [0.4, 0.5) is 0 Å². The maximum atomic E-state index is 13.4. The molecule has 0 unspecified atom stereocenters. The molecule has 0 spiro atoms. The van der Waals surface area contributed by atoms with Crippen LogP contribution in [-0.4, -0.2) is 67.2 Å². The molecular weight excluding hydrogens is 544 g/mol. The van der Waals surface area contributed by atoms with Gasteiger partial charge in [0.15, 0.2) is 17.2 Å². The van der Waals surface area contributed by atoms with Crippen LogP contribution >= 0.6 is 0 Å². The number of aromatic nitrogens is 1. The van der Waals surface area contributed by atoms with E-state index < -0.39 is 42.9 Å². The fourth-order valence-electron chi connectivity index (χ4n) is 5.28. The van der Waals surface area contributed by atoms with Crippen molar-refractivity contribution < 1.29 is 42.8 Å². The summed E-state index contributed by atoms with van der Waals surface area (Å²) in [5, 5.41) is 2.76. The zero-order valence-electron chi connectivity index (χ0n) is 24.4. The minimum atomic E-state index is -0.923. The average molecular weight is 585 g/mol. The highest BCUT2D eigenvalue weighted by Gasteiger charge is 2.37. The van der Waals surface area contributed by atoms with Gasteiger partial charge >= 0.3 is 11.9 Å². The van der Waals surface area contributed by atoms with Crippen LogP contribution in [0.5, 0.6) is 17.2 Å². The third kappa shape index (κ3) is 8.58. The quantitative estimate of drug-likeness (QED) is 0.317. The van der Waals surface area contributed by atoms with Crippen molar-refractivity contribution in [2.75, 3.05) is 13.9 Å². The van der Waals surface area contributed by atoms with Crippen molar-refractivity contribution in [2.24, 2.45) is 0 Å². The van der Waals surface area contributed by atoms with Crippen LogP contribution in [0.15, 0.2) is 42.6 Å². The standard InChI is InChI=1S/C31H40N2O9/c1-20-28(42-23-13-7-8-14-23)26(41-22-11-5-4-6-12-22)16-10-9-15-24(31(36)40-20)33-30(35)27-29(39-19-38-21(2)34)25(37-3)17-18-32-27/h4-6,11-12,17-18,20,23-24,26,28H,7-10,13-16,19H2,1-3H3,(H,33,35)/t20-,24-,26-,28-/m0/s1. The molecule has 1 N–H and O–H groups in total. The molecule has 4 rings (SSSR count). The molecule has 2 fully saturated rings. The molecule has 1 aromatic carbocycles. The number of methoxy groups -OCH3 is 1. The van der Waals surface area contributed by atoms with Crippen molar-refractivity contribution in [3.05, 3.63) is 48.3 Å². The molecule has 42 heavy (non-hydrogen) atoms. The number of para-hydroxylation sites is 1. The molecular formula is C31H40N2O9. The number of esters is 2. The second-order valence-electron chi connectivity index (χ2n) is 10.5. The lowest BCUT2D eigenvalue weighted by Crippen LogP contribution is -2.49. The Morgan fingerprint density at radius 3 is 2.45 bits per heavy atom. The summed E-state index contributed by atoms with van der Waals surface area (Å²) in [7, 11) is 1.41. The molecule has 2 heterocycles. The van der Waals surface area contributed by atoms with Crippen LogP contribution in [-0.2, 0) is 23.8 Å². The van der Waals surface area contributed by atoms with Gasteiger partial charge in [-0.2, -0.15) is 0 Å². The number of rotatable bonds is 10. The van der Waals surface area contributed by atoms with E-state index in [9.17, 15) is 14.4 Å². The van der Waals surface area contributed by atoms with Gasteiger partial charge in [-0.1, -0.05) is 37.5 Å². The van der Waals surface area contributed by atoms with Crippen LogP contribution in [0.3, 0.4) is 0 Å². The third-order valence-electron chi connectivity index (χ3n) is 7.40. The van der Waals surface area contributed by atoms with E-state index in [2.05, 4.69) is 10.3 Å². The lowest BCUT2D eigenvalue weighted by atomic mass is 9.98. The number of carbonyl (C=O) groups is 3. The highest BCUT2D eigenvalue weighted by molar-refractivity contribution is 5.98. The first-order valence-corrected chi connectivity index (χ1v) is 14.5. The molecule has 11 heteroatoms. The summed E-state index contributed by atoms with van der Waals surface area (Å²) in [5.74, 6) is -0.814. The van der Waals surface area contributed by atoms with Crippen molar-refractivity contribution >= 4 is 17.8 Å². The summed E-state index contributed by atoms with van der Waals surface area (Å²) in [6, 6.07) is 10.2. The van der Waals surface area contributed by atoms with E-state index in [1.807, 2.05) is 37.3 Å². The molecule has 228 valence electrons. The fourth-order valence-corrected chi connectivity index (χ4v) is 5.28. The Morgan fingerprint density at radius 2 is 1.74 bits per heavy atom. The number of nitrogens with zero attached hydrogens (tertiary/aromatic N) is 1. The predicted octanol–water partition coefficient (Wildman–Crippen LogP) is 4.37. The molecule has 1 amide bonds. The topological polar surface area (TPSA) is 132 Å². The van der Waals surface area contributed by atoms with E-state index in [-0.39, 0.29) is 29.4 Å². The second kappa shape index (κ2) is 15.4. The van der Waals surface area contributed by atoms with Gasteiger partial charge in [-0.15, -0.1) is 0 Å². The van der Waals surface area contributed by atoms with Crippen molar-refractivity contribution in [3.8, 4) is 17.2 Å². The molecule has 0 bridgehead atoms. The summed E-state index contributed by atoms with van der Waals surface area (Å²) in [6.07, 6.45) is 6.64. The number of hydrogen-bond donors (Lipinski definition) is 1. The average Bonchev–Trinajstić information content (AvgIpc) is 3.50. The monoisotopic (exact) mass is 584 g/mol. The Morgan fingerprint density at radius 1 is 1.02 bits per heavy atom. The van der Waals surface area contributed by atoms with Gasteiger partial charge in [-0.3, -0.25) is 9.59 Å². The zero-order valence-corrected chi connectivity index (χ0v) is 24.4. The maximum absolute atomic E-state index is 13.4. The first-order valence-electron chi connectivity index (χ1n) is 14.5. The molecule has 2 aliphatic rings. The van der Waals surface area contributed by atoms with E-state index in [1.54, 1.807) is 0 Å². The van der Waals surface area contributed by atoms with E-state index in [1.165, 1.54) is 26.3 Å². The maximum Gasteiger partial charge on any atom is 0.329 e. The summed E-state index contributed by atoms with van der Waals surface area (Å²) < 4.78 is 34.5. The summed E-state index contributed by atoms with van der Waals surface area (Å²) in [4.78, 5) is 42.1. The van der Waals surface area contributed by atoms with Gasteiger partial charge < -0.3 is 33.7 Å². The Labute approximate surface area is 246 Å². The highest BCUT2D eigenvalue weighted by atomic mass is 16.7. The molecule has 1 saturated heterocycles. The van der Waals surface area contributed by atoms with Crippen LogP contribution in [0.25, 0.3) is 0 Å². The van der Waals surface area contributed by atoms with E-state index >= 15 is 0 Å². The van der Waals surface area contributed by atoms with E-state index in [0.29, 0.717) is 19.3 Å². The Bertz CT molecular complexity index is 1190. The van der Waals surface area contributed by atoms with Crippen molar-refractivity contribution in [1.82, 2.24) is 10.3 Å². The van der Waals surface area contributed by atoms with Gasteiger partial charge in [0.25, 0.3) is 5.91 Å². The molecule has 1 aliphatic carbocycles. The lowest BCUT2D eigenvalue weighted by molar-refractivity contribution is -0.171. The van der Waals surface area contributed by atoms with Crippen LogP contribution < -0.4 is 19.5 Å². The number of cyclic esters (lactones) is 1. The second-order valence-corrected chi connectivity index (χ2v) is 10.5.